The lowest BCUT2D eigenvalue weighted by molar-refractivity contribution is 0.168. The largest absolute Gasteiger partial charge is 0.388 e. The summed E-state index contributed by atoms with van der Waals surface area (Å²) in [5, 5.41) is 10.6. The second-order valence-electron chi connectivity index (χ2n) is 3.99. The number of rotatable bonds is 4. The maximum absolute atomic E-state index is 9.95. The maximum Gasteiger partial charge on any atom is 0.0807 e. The Morgan fingerprint density at radius 1 is 1.53 bits per heavy atom. The van der Waals surface area contributed by atoms with Crippen molar-refractivity contribution in [2.24, 2.45) is 0 Å². The summed E-state index contributed by atoms with van der Waals surface area (Å²) in [5.41, 5.74) is 2.90. The lowest BCUT2D eigenvalue weighted by Crippen LogP contribution is -1.99. The second kappa shape index (κ2) is 5.34. The van der Waals surface area contributed by atoms with E-state index in [4.69, 9.17) is 11.6 Å². The summed E-state index contributed by atoms with van der Waals surface area (Å²) in [7, 11) is 0. The average Bonchev–Trinajstić information content (AvgIpc) is 2.18. The molecule has 82 valence electrons. The molecule has 1 aromatic carbocycles. The van der Waals surface area contributed by atoms with Gasteiger partial charge in [-0.3, -0.25) is 0 Å². The summed E-state index contributed by atoms with van der Waals surface area (Å²) in [6, 6.07) is 5.73. The highest BCUT2D eigenvalue weighted by Crippen LogP contribution is 2.29. The number of hydrogen-bond acceptors (Lipinski definition) is 1. The van der Waals surface area contributed by atoms with Crippen molar-refractivity contribution in [3.05, 3.63) is 46.5 Å². The zero-order valence-electron chi connectivity index (χ0n) is 9.26. The highest BCUT2D eigenvalue weighted by atomic mass is 35.5. The first kappa shape index (κ1) is 12.3. The number of halogens is 1. The monoisotopic (exact) mass is 224 g/mol. The Hall–Kier alpha value is -0.790. The predicted molar refractivity (Wildman–Crippen MR) is 65.2 cm³/mol. The first-order chi connectivity index (χ1) is 7.02. The fourth-order valence-electron chi connectivity index (χ4n) is 1.47. The number of aliphatic hydroxyl groups is 1. The minimum absolute atomic E-state index is 0.492. The Morgan fingerprint density at radius 3 is 2.80 bits per heavy atom. The molecule has 0 saturated heterocycles. The Morgan fingerprint density at radius 2 is 2.20 bits per heavy atom. The van der Waals surface area contributed by atoms with E-state index < -0.39 is 6.10 Å². The average molecular weight is 225 g/mol. The van der Waals surface area contributed by atoms with Gasteiger partial charge < -0.3 is 5.11 Å². The molecule has 1 aromatic rings. The molecule has 1 rings (SSSR count). The van der Waals surface area contributed by atoms with Crippen molar-refractivity contribution >= 4 is 11.6 Å². The van der Waals surface area contributed by atoms with Crippen LogP contribution in [0.25, 0.3) is 0 Å². The quantitative estimate of drug-likeness (QED) is 0.766. The molecule has 0 saturated carbocycles. The van der Waals surface area contributed by atoms with Crippen LogP contribution in [0.5, 0.6) is 0 Å². The van der Waals surface area contributed by atoms with Crippen LogP contribution in [-0.4, -0.2) is 5.11 Å². The van der Waals surface area contributed by atoms with Crippen molar-refractivity contribution in [3.8, 4) is 0 Å². The summed E-state index contributed by atoms with van der Waals surface area (Å²) in [4.78, 5) is 0. The van der Waals surface area contributed by atoms with E-state index in [1.54, 1.807) is 0 Å². The van der Waals surface area contributed by atoms with Crippen LogP contribution in [-0.2, 0) is 0 Å². The van der Waals surface area contributed by atoms with E-state index in [1.165, 1.54) is 0 Å². The standard InChI is InChI=1S/C13H17ClO/c1-9(2)7-8-12(15)11-6-4-5-10(3)13(11)14/h4-6,12,15H,1,7-8H2,2-3H3. The number of aliphatic hydroxyl groups excluding tert-OH is 1. The van der Waals surface area contributed by atoms with Crippen LogP contribution in [0.3, 0.4) is 0 Å². The number of allylic oxidation sites excluding steroid dienone is 1. The highest BCUT2D eigenvalue weighted by Gasteiger charge is 2.12. The second-order valence-corrected chi connectivity index (χ2v) is 4.37. The lowest BCUT2D eigenvalue weighted by atomic mass is 10.0. The number of aryl methyl sites for hydroxylation is 1. The molecule has 0 aromatic heterocycles. The number of benzene rings is 1. The molecule has 2 heteroatoms. The van der Waals surface area contributed by atoms with E-state index in [0.29, 0.717) is 11.4 Å². The van der Waals surface area contributed by atoms with Crippen molar-refractivity contribution < 1.29 is 5.11 Å². The van der Waals surface area contributed by atoms with E-state index in [-0.39, 0.29) is 0 Å². The molecular weight excluding hydrogens is 208 g/mol. The molecule has 1 atom stereocenters. The third-order valence-electron chi connectivity index (χ3n) is 2.43. The van der Waals surface area contributed by atoms with Crippen LogP contribution in [0, 0.1) is 6.92 Å². The molecule has 0 aliphatic carbocycles. The van der Waals surface area contributed by atoms with E-state index >= 15 is 0 Å². The molecule has 0 amide bonds. The Balaban J connectivity index is 2.77. The minimum Gasteiger partial charge on any atom is -0.388 e. The number of hydrogen-bond donors (Lipinski definition) is 1. The summed E-state index contributed by atoms with van der Waals surface area (Å²) >= 11 is 6.12. The van der Waals surface area contributed by atoms with Crippen molar-refractivity contribution in [1.29, 1.82) is 0 Å². The Labute approximate surface area is 96.4 Å². The fourth-order valence-corrected chi connectivity index (χ4v) is 1.72. The Kier molecular flexibility index (Phi) is 4.37. The first-order valence-electron chi connectivity index (χ1n) is 5.10. The van der Waals surface area contributed by atoms with Gasteiger partial charge in [0.25, 0.3) is 0 Å². The molecule has 0 aliphatic rings. The van der Waals surface area contributed by atoms with Gasteiger partial charge in [-0.1, -0.05) is 35.4 Å². The van der Waals surface area contributed by atoms with Crippen molar-refractivity contribution in [2.75, 3.05) is 0 Å². The molecule has 0 radical (unpaired) electrons. The molecule has 0 aliphatic heterocycles. The van der Waals surface area contributed by atoms with Crippen LogP contribution >= 0.6 is 11.6 Å². The molecule has 0 spiro atoms. The summed E-state index contributed by atoms with van der Waals surface area (Å²) in [6.07, 6.45) is 1.01. The Bertz CT molecular complexity index is 358. The zero-order chi connectivity index (χ0) is 11.4. The van der Waals surface area contributed by atoms with Crippen LogP contribution in [0.2, 0.25) is 5.02 Å². The van der Waals surface area contributed by atoms with E-state index in [0.717, 1.165) is 23.1 Å². The van der Waals surface area contributed by atoms with Gasteiger partial charge >= 0.3 is 0 Å². The van der Waals surface area contributed by atoms with Crippen molar-refractivity contribution in [3.63, 3.8) is 0 Å². The van der Waals surface area contributed by atoms with Gasteiger partial charge in [0, 0.05) is 5.02 Å². The maximum atomic E-state index is 9.95. The molecular formula is C13H17ClO. The van der Waals surface area contributed by atoms with E-state index in [9.17, 15) is 5.11 Å². The molecule has 0 bridgehead atoms. The predicted octanol–water partition coefficient (Wildman–Crippen LogP) is 4.04. The fraction of sp³-hybridized carbons (Fsp3) is 0.385. The lowest BCUT2D eigenvalue weighted by Gasteiger charge is -2.13. The van der Waals surface area contributed by atoms with Gasteiger partial charge in [-0.05, 0) is 37.8 Å². The third kappa shape index (κ3) is 3.37. The normalized spacial score (nSPS) is 12.5. The summed E-state index contributed by atoms with van der Waals surface area (Å²) in [5.74, 6) is 0. The van der Waals surface area contributed by atoms with Crippen LogP contribution in [0.4, 0.5) is 0 Å². The smallest absolute Gasteiger partial charge is 0.0807 e. The van der Waals surface area contributed by atoms with Gasteiger partial charge in [0.05, 0.1) is 6.10 Å². The van der Waals surface area contributed by atoms with Gasteiger partial charge in [0.1, 0.15) is 0 Å². The molecule has 1 nitrogen and oxygen atoms in total. The van der Waals surface area contributed by atoms with Crippen molar-refractivity contribution in [1.82, 2.24) is 0 Å². The first-order valence-corrected chi connectivity index (χ1v) is 5.47. The topological polar surface area (TPSA) is 20.2 Å². The van der Waals surface area contributed by atoms with Crippen LogP contribution < -0.4 is 0 Å². The third-order valence-corrected chi connectivity index (χ3v) is 2.94. The molecule has 0 fully saturated rings. The molecule has 1 N–H and O–H groups in total. The minimum atomic E-state index is -0.492. The zero-order valence-corrected chi connectivity index (χ0v) is 10.0. The van der Waals surface area contributed by atoms with E-state index in [2.05, 4.69) is 6.58 Å². The summed E-state index contributed by atoms with van der Waals surface area (Å²) < 4.78 is 0. The van der Waals surface area contributed by atoms with E-state index in [1.807, 2.05) is 32.0 Å². The van der Waals surface area contributed by atoms with Gasteiger partial charge in [-0.2, -0.15) is 0 Å². The van der Waals surface area contributed by atoms with Gasteiger partial charge in [0.2, 0.25) is 0 Å². The molecule has 15 heavy (non-hydrogen) atoms. The molecule has 0 heterocycles. The SMILES string of the molecule is C=C(C)CCC(O)c1cccc(C)c1Cl. The van der Waals surface area contributed by atoms with Crippen LogP contribution in [0.15, 0.2) is 30.4 Å². The van der Waals surface area contributed by atoms with Crippen LogP contribution in [0.1, 0.15) is 37.0 Å². The summed E-state index contributed by atoms with van der Waals surface area (Å²) in [6.45, 7) is 7.72. The molecule has 1 unspecified atom stereocenters. The van der Waals surface area contributed by atoms with Gasteiger partial charge in [0.15, 0.2) is 0 Å². The van der Waals surface area contributed by atoms with Gasteiger partial charge in [-0.15, -0.1) is 6.58 Å². The van der Waals surface area contributed by atoms with Crippen molar-refractivity contribution in [2.45, 2.75) is 32.8 Å². The highest BCUT2D eigenvalue weighted by molar-refractivity contribution is 6.32. The van der Waals surface area contributed by atoms with Gasteiger partial charge in [-0.25, -0.2) is 0 Å².